The molecule has 12 heterocycles. The summed E-state index contributed by atoms with van der Waals surface area (Å²) in [6.07, 6.45) is -7.68. The van der Waals surface area contributed by atoms with Crippen molar-refractivity contribution in [3.05, 3.63) is 229 Å². The van der Waals surface area contributed by atoms with Crippen LogP contribution in [-0.4, -0.2) is 174 Å². The second kappa shape index (κ2) is 33.4. The van der Waals surface area contributed by atoms with Crippen molar-refractivity contribution < 1.29 is 72.3 Å². The van der Waals surface area contributed by atoms with Gasteiger partial charge in [-0.05, 0) is 109 Å². The maximum atomic E-state index is 13.4. The zero-order valence-electron chi connectivity index (χ0n) is 59.3. The lowest BCUT2D eigenvalue weighted by molar-refractivity contribution is -0.276. The number of rotatable bonds is 12. The Kier molecular flexibility index (Phi) is 23.2. The van der Waals surface area contributed by atoms with Crippen molar-refractivity contribution in [1.82, 2.24) is 58.8 Å². The number of methoxy groups -OCH3 is 1. The number of anilines is 4. The van der Waals surface area contributed by atoms with Crippen LogP contribution in [0, 0.1) is 11.6 Å². The van der Waals surface area contributed by atoms with Crippen molar-refractivity contribution in [3.8, 4) is 73.8 Å². The van der Waals surface area contributed by atoms with Gasteiger partial charge in [0.25, 0.3) is 22.2 Å². The Hall–Kier alpha value is -12.4. The van der Waals surface area contributed by atoms with Gasteiger partial charge in [-0.2, -0.15) is 0 Å². The van der Waals surface area contributed by atoms with E-state index < -0.39 is 48.0 Å². The van der Waals surface area contributed by atoms with Gasteiger partial charge in [0, 0.05) is 182 Å². The van der Waals surface area contributed by atoms with E-state index in [-0.39, 0.29) is 67.6 Å². The summed E-state index contributed by atoms with van der Waals surface area (Å²) in [4.78, 5) is 76.7. The minimum atomic E-state index is -4.95. The highest BCUT2D eigenvalue weighted by molar-refractivity contribution is 5.69. The van der Waals surface area contributed by atoms with Crippen molar-refractivity contribution in [3.63, 3.8) is 0 Å². The first-order valence-electron chi connectivity index (χ1n) is 35.0. The SMILES string of the molecule is COc1ccc(-c2cc(=O)n3cc(N4CCNCC4)ccc3n2)cc1OC(F)(F)F.O=c1cc(-c2cc(F)cc(F)c2)nc2ccc(N3CCNCC3)cn12.O=c1cc(-c2ccc(O)c(OC(F)(F)F)c2)nc2ccc(N3CCNCC3)cn12.O=c1cc(-c2cccc(OC(F)(F)F)c2)nc2ccc(N3CCNCC3)cn12. The van der Waals surface area contributed by atoms with Crippen LogP contribution >= 0.6 is 0 Å². The quantitative estimate of drug-likeness (QED) is 0.0713. The summed E-state index contributed by atoms with van der Waals surface area (Å²) in [5.74, 6) is -3.76. The topological polar surface area (TPSA) is 256 Å². The number of pyridine rings is 4. The number of nitrogens with zero attached hydrogens (tertiary/aromatic N) is 12. The number of benzene rings is 4. The molecule has 112 heavy (non-hydrogen) atoms. The third-order valence-corrected chi connectivity index (χ3v) is 18.2. The number of ether oxygens (including phenoxy) is 4. The van der Waals surface area contributed by atoms with E-state index in [0.29, 0.717) is 33.7 Å². The van der Waals surface area contributed by atoms with E-state index in [1.165, 1.54) is 85.4 Å². The maximum Gasteiger partial charge on any atom is 0.573 e. The summed E-state index contributed by atoms with van der Waals surface area (Å²) >= 11 is 0. The number of halogens is 11. The molecule has 0 spiro atoms. The predicted octanol–water partition coefficient (Wildman–Crippen LogP) is 9.77. The van der Waals surface area contributed by atoms with Crippen molar-refractivity contribution in [2.24, 2.45) is 0 Å². The number of aromatic nitrogens is 8. The standard InChI is InChI=1S/C20H19F3N4O3.C19H17F3N4O3.C19H17F3N4O2.C18H16F2N4O/c1-29-16-4-2-13(10-17(16)30-20(21,22)23)15-11-19(28)27-12-14(3-5-18(27)25-15)26-8-6-24-7-9-26;20-19(21,22)29-16-9-12(1-3-15(16)27)14-10-18(28)26-11-13(2-4-17(26)24-14)25-7-5-23-6-8-25;20-19(21,22)28-15-3-1-2-13(10-15)16-11-18(27)26-12-14(4-5-17(26)24-16)25-8-6-23-7-9-25;19-13-7-12(8-14(20)9-13)16-10-18(25)24-11-15(1-2-17(24)22-16)23-5-3-21-4-6-23/h2-5,10-12,24H,6-9H2,1H3;1-4,9-11,23,27H,5-8H2;1-5,10-12,23H,6-9H2;1-2,7-11,21H,3-6H2. The number of hydrogen-bond acceptors (Lipinski definition) is 21. The second-order valence-electron chi connectivity index (χ2n) is 25.7. The minimum Gasteiger partial charge on any atom is -0.504 e. The Morgan fingerprint density at radius 2 is 0.670 bits per heavy atom. The Balaban J connectivity index is 0.000000131. The second-order valence-corrected chi connectivity index (χ2v) is 25.7. The van der Waals surface area contributed by atoms with Crippen LogP contribution in [0.2, 0.25) is 0 Å². The maximum absolute atomic E-state index is 13.4. The molecule has 0 unspecified atom stereocenters. The van der Waals surface area contributed by atoms with E-state index in [1.54, 1.807) is 55.1 Å². The van der Waals surface area contributed by atoms with E-state index >= 15 is 0 Å². The lowest BCUT2D eigenvalue weighted by atomic mass is 10.1. The molecular formula is C76H69F11N16O9. The van der Waals surface area contributed by atoms with Gasteiger partial charge in [0.15, 0.2) is 23.0 Å². The van der Waals surface area contributed by atoms with Crippen molar-refractivity contribution in [2.45, 2.75) is 19.1 Å². The highest BCUT2D eigenvalue weighted by Crippen LogP contribution is 2.38. The van der Waals surface area contributed by atoms with Gasteiger partial charge in [-0.25, -0.2) is 28.7 Å². The van der Waals surface area contributed by atoms with Gasteiger partial charge in [0.1, 0.15) is 40.0 Å². The van der Waals surface area contributed by atoms with Gasteiger partial charge in [-0.3, -0.25) is 36.8 Å². The molecule has 0 bridgehead atoms. The number of hydrogen-bond donors (Lipinski definition) is 5. The monoisotopic (exact) mass is 1560 g/mol. The molecule has 25 nitrogen and oxygen atoms in total. The van der Waals surface area contributed by atoms with E-state index in [9.17, 15) is 72.6 Å². The summed E-state index contributed by atoms with van der Waals surface area (Å²) in [7, 11) is 1.24. The zero-order chi connectivity index (χ0) is 79.0. The van der Waals surface area contributed by atoms with Crippen LogP contribution in [0.4, 0.5) is 71.0 Å². The van der Waals surface area contributed by atoms with Gasteiger partial charge in [-0.1, -0.05) is 12.1 Å². The summed E-state index contributed by atoms with van der Waals surface area (Å²) in [6.45, 7) is 13.7. The Morgan fingerprint density at radius 1 is 0.348 bits per heavy atom. The van der Waals surface area contributed by atoms with Crippen LogP contribution in [0.25, 0.3) is 67.6 Å². The molecule has 8 aromatic heterocycles. The summed E-state index contributed by atoms with van der Waals surface area (Å²) in [5.41, 5.74) is 6.06. The molecule has 4 aliphatic heterocycles. The highest BCUT2D eigenvalue weighted by Gasteiger charge is 2.35. The van der Waals surface area contributed by atoms with Crippen LogP contribution in [0.5, 0.6) is 28.7 Å². The zero-order valence-corrected chi connectivity index (χ0v) is 59.3. The Bertz CT molecular complexity index is 5650. The lowest BCUT2D eigenvalue weighted by Crippen LogP contribution is -2.43. The molecule has 0 amide bonds. The third kappa shape index (κ3) is 19.4. The van der Waals surface area contributed by atoms with Gasteiger partial charge >= 0.3 is 19.1 Å². The van der Waals surface area contributed by atoms with Crippen LogP contribution < -0.4 is 82.1 Å². The fourth-order valence-electron chi connectivity index (χ4n) is 12.9. The number of piperazine rings is 4. The summed E-state index contributed by atoms with van der Waals surface area (Å²) in [6, 6.07) is 35.5. The number of aromatic hydroxyl groups is 1. The molecule has 12 aromatic rings. The largest absolute Gasteiger partial charge is 0.573 e. The first kappa shape index (κ1) is 77.7. The fourth-order valence-corrected chi connectivity index (χ4v) is 12.9. The average Bonchev–Trinajstić information content (AvgIpc) is 0.797. The van der Waals surface area contributed by atoms with E-state index in [1.807, 2.05) is 24.3 Å². The van der Waals surface area contributed by atoms with Crippen LogP contribution in [0.1, 0.15) is 0 Å². The number of phenolic OH excluding ortho intramolecular Hbond substituents is 1. The number of phenols is 1. The smallest absolute Gasteiger partial charge is 0.504 e. The van der Waals surface area contributed by atoms with Crippen molar-refractivity contribution in [1.29, 1.82) is 0 Å². The van der Waals surface area contributed by atoms with Crippen LogP contribution in [0.3, 0.4) is 0 Å². The van der Waals surface area contributed by atoms with Gasteiger partial charge in [-0.15, -0.1) is 39.5 Å². The molecule has 4 aliphatic rings. The normalized spacial score (nSPS) is 14.9. The summed E-state index contributed by atoms with van der Waals surface area (Å²) in [5, 5.41) is 22.7. The minimum absolute atomic E-state index is 0.0748. The Labute approximate surface area is 627 Å². The first-order valence-corrected chi connectivity index (χ1v) is 35.0. The fraction of sp³-hybridized carbons (Fsp3) is 0.263. The molecule has 0 aliphatic carbocycles. The molecule has 0 radical (unpaired) electrons. The van der Waals surface area contributed by atoms with E-state index in [2.05, 4.69) is 75.0 Å². The molecule has 0 atom stereocenters. The molecular weight excluding hydrogens is 1490 g/mol. The average molecular weight is 1560 g/mol. The molecule has 36 heteroatoms. The van der Waals surface area contributed by atoms with Gasteiger partial charge in [0.05, 0.1) is 52.6 Å². The first-order chi connectivity index (χ1) is 53.6. The predicted molar refractivity (Wildman–Crippen MR) is 396 cm³/mol. The van der Waals surface area contributed by atoms with Gasteiger partial charge in [0.2, 0.25) is 0 Å². The third-order valence-electron chi connectivity index (χ3n) is 18.2. The molecule has 4 aromatic carbocycles. The van der Waals surface area contributed by atoms with Crippen LogP contribution in [0.15, 0.2) is 196 Å². The van der Waals surface area contributed by atoms with Crippen LogP contribution in [-0.2, 0) is 0 Å². The highest BCUT2D eigenvalue weighted by atomic mass is 19.4. The number of nitrogens with one attached hydrogen (secondary N) is 4. The summed E-state index contributed by atoms with van der Waals surface area (Å²) < 4.78 is 162. The van der Waals surface area contributed by atoms with Crippen molar-refractivity contribution in [2.75, 3.05) is 131 Å². The van der Waals surface area contributed by atoms with Crippen molar-refractivity contribution >= 4 is 45.3 Å². The number of fused-ring (bicyclic) bond motifs is 4. The molecule has 4 saturated heterocycles. The molecule has 0 saturated carbocycles. The molecule has 584 valence electrons. The Morgan fingerprint density at radius 3 is 1.02 bits per heavy atom. The molecule has 5 N–H and O–H groups in total. The number of alkyl halides is 9. The molecule has 4 fully saturated rings. The van der Waals surface area contributed by atoms with E-state index in [4.69, 9.17) is 4.74 Å². The van der Waals surface area contributed by atoms with E-state index in [0.717, 1.165) is 164 Å². The van der Waals surface area contributed by atoms with Gasteiger partial charge < -0.3 is 64.9 Å². The lowest BCUT2D eigenvalue weighted by Gasteiger charge is -2.29. The molecule has 16 rings (SSSR count).